The third-order valence-electron chi connectivity index (χ3n) is 2.59. The minimum absolute atomic E-state index is 0.878. The molecule has 1 aromatic carbocycles. The molecule has 0 bridgehead atoms. The second-order valence-electron chi connectivity index (χ2n) is 3.57. The molecule has 0 unspecified atom stereocenters. The predicted octanol–water partition coefficient (Wildman–Crippen LogP) is 4.11. The highest BCUT2D eigenvalue weighted by Gasteiger charge is 2.07. The molecule has 2 rings (SSSR count). The van der Waals surface area contributed by atoms with E-state index in [2.05, 4.69) is 30.1 Å². The van der Waals surface area contributed by atoms with Crippen molar-refractivity contribution in [2.24, 2.45) is 0 Å². The maximum absolute atomic E-state index is 5.15. The van der Waals surface area contributed by atoms with E-state index in [1.165, 1.54) is 15.3 Å². The van der Waals surface area contributed by atoms with Crippen molar-refractivity contribution in [1.29, 1.82) is 0 Å². The fourth-order valence-corrected chi connectivity index (χ4v) is 2.67. The van der Waals surface area contributed by atoms with Gasteiger partial charge in [0.1, 0.15) is 5.75 Å². The van der Waals surface area contributed by atoms with Crippen molar-refractivity contribution in [2.45, 2.75) is 0 Å². The number of benzene rings is 1. The minimum atomic E-state index is 0.878. The number of hydrogen-bond acceptors (Lipinski definition) is 3. The fraction of sp³-hybridized carbons (Fsp3) is 0.143. The summed E-state index contributed by atoms with van der Waals surface area (Å²) in [6.07, 6.45) is 1.88. The molecule has 0 saturated carbocycles. The number of anilines is 1. The van der Waals surface area contributed by atoms with Crippen molar-refractivity contribution in [3.63, 3.8) is 0 Å². The monoisotopic (exact) mass is 245 g/mol. The van der Waals surface area contributed by atoms with Gasteiger partial charge >= 0.3 is 0 Å². The first-order chi connectivity index (χ1) is 8.28. The maximum atomic E-state index is 5.15. The molecule has 88 valence electrons. The van der Waals surface area contributed by atoms with Crippen molar-refractivity contribution in [2.75, 3.05) is 19.5 Å². The molecule has 0 aliphatic heterocycles. The highest BCUT2D eigenvalue weighted by molar-refractivity contribution is 7.17. The summed E-state index contributed by atoms with van der Waals surface area (Å²) < 4.78 is 5.15. The van der Waals surface area contributed by atoms with Crippen LogP contribution in [0.1, 0.15) is 4.88 Å². The van der Waals surface area contributed by atoms with Crippen molar-refractivity contribution < 1.29 is 4.74 Å². The summed E-state index contributed by atoms with van der Waals surface area (Å²) in [6.45, 7) is 3.82. The van der Waals surface area contributed by atoms with E-state index in [0.29, 0.717) is 0 Å². The Morgan fingerprint density at radius 3 is 2.47 bits per heavy atom. The van der Waals surface area contributed by atoms with Crippen LogP contribution in [0.15, 0.2) is 36.9 Å². The van der Waals surface area contributed by atoms with E-state index in [1.54, 1.807) is 18.4 Å². The second-order valence-corrected chi connectivity index (χ2v) is 4.65. The van der Waals surface area contributed by atoms with Crippen molar-refractivity contribution in [3.8, 4) is 16.2 Å². The Morgan fingerprint density at radius 1 is 1.29 bits per heavy atom. The highest BCUT2D eigenvalue weighted by atomic mass is 32.1. The van der Waals surface area contributed by atoms with Crippen LogP contribution in [0.5, 0.6) is 5.75 Å². The lowest BCUT2D eigenvalue weighted by atomic mass is 10.2. The summed E-state index contributed by atoms with van der Waals surface area (Å²) in [5.74, 6) is 0.878. The van der Waals surface area contributed by atoms with Crippen LogP contribution in [0.3, 0.4) is 0 Å². The lowest BCUT2D eigenvalue weighted by Gasteiger charge is -2.00. The average molecular weight is 245 g/mol. The topological polar surface area (TPSA) is 21.3 Å². The first-order valence-corrected chi connectivity index (χ1v) is 6.18. The van der Waals surface area contributed by atoms with E-state index < -0.39 is 0 Å². The van der Waals surface area contributed by atoms with Gasteiger partial charge in [-0.2, -0.15) is 0 Å². The molecule has 2 nitrogen and oxygen atoms in total. The van der Waals surface area contributed by atoms with Crippen LogP contribution >= 0.6 is 11.3 Å². The number of ether oxygens (including phenoxy) is 1. The van der Waals surface area contributed by atoms with Crippen LogP contribution in [0.25, 0.3) is 16.5 Å². The normalized spacial score (nSPS) is 10.0. The van der Waals surface area contributed by atoms with E-state index in [4.69, 9.17) is 4.74 Å². The van der Waals surface area contributed by atoms with Gasteiger partial charge in [0.25, 0.3) is 0 Å². The molecule has 0 aliphatic carbocycles. The summed E-state index contributed by atoms with van der Waals surface area (Å²) in [6, 6.07) is 10.2. The molecule has 0 fully saturated rings. The number of rotatable bonds is 4. The van der Waals surface area contributed by atoms with Gasteiger partial charge in [-0.3, -0.25) is 0 Å². The molecule has 1 N–H and O–H groups in total. The summed E-state index contributed by atoms with van der Waals surface area (Å²) in [5, 5.41) is 3.17. The minimum Gasteiger partial charge on any atom is -0.497 e. The molecule has 17 heavy (non-hydrogen) atoms. The van der Waals surface area contributed by atoms with Gasteiger partial charge in [-0.15, -0.1) is 11.3 Å². The Kier molecular flexibility index (Phi) is 3.49. The standard InChI is InChI=1S/C14H15NOS/c1-4-13-12(15-2)9-14(17-13)10-5-7-11(16-3)8-6-10/h4-9,15H,1H2,2-3H3. The number of hydrogen-bond donors (Lipinski definition) is 1. The Balaban J connectivity index is 2.38. The molecule has 0 saturated heterocycles. The molecule has 0 radical (unpaired) electrons. The van der Waals surface area contributed by atoms with Crippen molar-refractivity contribution in [3.05, 3.63) is 41.8 Å². The van der Waals surface area contributed by atoms with Gasteiger partial charge in [0.05, 0.1) is 17.7 Å². The van der Waals surface area contributed by atoms with Gasteiger partial charge in [0.15, 0.2) is 0 Å². The van der Waals surface area contributed by atoms with Gasteiger partial charge in [-0.25, -0.2) is 0 Å². The lowest BCUT2D eigenvalue weighted by Crippen LogP contribution is -1.85. The first kappa shape index (κ1) is 11.7. The van der Waals surface area contributed by atoms with E-state index in [0.717, 1.165) is 11.4 Å². The number of thiophene rings is 1. The molecular formula is C14H15NOS. The zero-order valence-corrected chi connectivity index (χ0v) is 10.8. The molecule has 0 spiro atoms. The van der Waals surface area contributed by atoms with E-state index in [-0.39, 0.29) is 0 Å². The van der Waals surface area contributed by atoms with Crippen LogP contribution in [0, 0.1) is 0 Å². The van der Waals surface area contributed by atoms with Gasteiger partial charge in [-0.1, -0.05) is 12.7 Å². The molecule has 0 aliphatic rings. The number of methoxy groups -OCH3 is 1. The third kappa shape index (κ3) is 2.34. The van der Waals surface area contributed by atoms with Crippen molar-refractivity contribution in [1.82, 2.24) is 0 Å². The average Bonchev–Trinajstić information content (AvgIpc) is 2.82. The quantitative estimate of drug-likeness (QED) is 0.875. The van der Waals surface area contributed by atoms with Crippen LogP contribution in [0.2, 0.25) is 0 Å². The summed E-state index contributed by atoms with van der Waals surface area (Å²) in [7, 11) is 3.60. The first-order valence-electron chi connectivity index (χ1n) is 5.37. The molecule has 2 aromatic rings. The van der Waals surface area contributed by atoms with Crippen molar-refractivity contribution >= 4 is 23.1 Å². The Labute approximate surface area is 106 Å². The highest BCUT2D eigenvalue weighted by Crippen LogP contribution is 2.35. The Morgan fingerprint density at radius 2 is 2.00 bits per heavy atom. The van der Waals surface area contributed by atoms with Crippen LogP contribution in [-0.2, 0) is 0 Å². The molecular weight excluding hydrogens is 230 g/mol. The predicted molar refractivity (Wildman–Crippen MR) is 75.9 cm³/mol. The van der Waals surface area contributed by atoms with Gasteiger partial charge in [0.2, 0.25) is 0 Å². The Hall–Kier alpha value is -1.74. The van der Waals surface area contributed by atoms with Gasteiger partial charge < -0.3 is 10.1 Å². The summed E-state index contributed by atoms with van der Waals surface area (Å²) in [5.41, 5.74) is 2.32. The smallest absolute Gasteiger partial charge is 0.118 e. The van der Waals surface area contributed by atoms with Crippen LogP contribution in [0.4, 0.5) is 5.69 Å². The second kappa shape index (κ2) is 5.06. The van der Waals surface area contributed by atoms with Gasteiger partial charge in [-0.05, 0) is 35.9 Å². The largest absolute Gasteiger partial charge is 0.497 e. The van der Waals surface area contributed by atoms with E-state index in [1.807, 2.05) is 25.3 Å². The molecule has 1 aromatic heterocycles. The molecule has 1 heterocycles. The SMILES string of the molecule is C=Cc1sc(-c2ccc(OC)cc2)cc1NC. The van der Waals surface area contributed by atoms with Crippen LogP contribution < -0.4 is 10.1 Å². The van der Waals surface area contributed by atoms with Crippen LogP contribution in [-0.4, -0.2) is 14.2 Å². The lowest BCUT2D eigenvalue weighted by molar-refractivity contribution is 0.415. The molecule has 3 heteroatoms. The third-order valence-corrected chi connectivity index (χ3v) is 3.77. The molecule has 0 atom stereocenters. The maximum Gasteiger partial charge on any atom is 0.118 e. The fourth-order valence-electron chi connectivity index (χ4n) is 1.65. The zero-order chi connectivity index (χ0) is 12.3. The van der Waals surface area contributed by atoms with E-state index >= 15 is 0 Å². The Bertz CT molecular complexity index is 514. The van der Waals surface area contributed by atoms with Gasteiger partial charge in [0, 0.05) is 11.9 Å². The summed E-state index contributed by atoms with van der Waals surface area (Å²) in [4.78, 5) is 2.39. The molecule has 0 amide bonds. The number of nitrogens with one attached hydrogen (secondary N) is 1. The summed E-state index contributed by atoms with van der Waals surface area (Å²) >= 11 is 1.73. The van der Waals surface area contributed by atoms with E-state index in [9.17, 15) is 0 Å². The zero-order valence-electron chi connectivity index (χ0n) is 9.99.